The third kappa shape index (κ3) is 3.30. The predicted octanol–water partition coefficient (Wildman–Crippen LogP) is 2.44. The average Bonchev–Trinajstić information content (AvgIpc) is 2.13. The van der Waals surface area contributed by atoms with E-state index >= 15 is 0 Å². The van der Waals surface area contributed by atoms with Gasteiger partial charge in [-0.3, -0.25) is 0 Å². The van der Waals surface area contributed by atoms with Gasteiger partial charge in [-0.15, -0.1) is 0 Å². The Kier molecular flexibility index (Phi) is 3.38. The first-order chi connectivity index (χ1) is 6.91. The molecule has 1 unspecified atom stereocenters. The molecule has 0 saturated carbocycles. The van der Waals surface area contributed by atoms with Gasteiger partial charge in [-0.05, 0) is 19.1 Å². The number of hydrogen-bond acceptors (Lipinski definition) is 1. The Morgan fingerprint density at radius 3 is 2.40 bits per heavy atom. The van der Waals surface area contributed by atoms with Crippen molar-refractivity contribution in [2.24, 2.45) is 0 Å². The molecule has 1 atom stereocenters. The van der Waals surface area contributed by atoms with Crippen molar-refractivity contribution in [1.82, 2.24) is 0 Å². The molecule has 1 aromatic carbocycles. The van der Waals surface area contributed by atoms with Gasteiger partial charge in [0.15, 0.2) is 0 Å². The highest BCUT2D eigenvalue weighted by Gasteiger charge is 2.32. The second kappa shape index (κ2) is 4.37. The number of rotatable bonds is 0. The number of halogens is 3. The minimum Gasteiger partial charge on any atom is -0.381 e. The molecule has 0 radical (unpaired) electrons. The molecule has 0 aromatic heterocycles. The lowest BCUT2D eigenvalue weighted by atomic mass is 10.1. The molecule has 15 heavy (non-hydrogen) atoms. The summed E-state index contributed by atoms with van der Waals surface area (Å²) in [5, 5.41) is 8.85. The minimum atomic E-state index is -4.41. The van der Waals surface area contributed by atoms with Crippen LogP contribution in [0.15, 0.2) is 24.3 Å². The highest BCUT2D eigenvalue weighted by atomic mass is 19.4. The predicted molar refractivity (Wildman–Crippen MR) is 50.0 cm³/mol. The number of hydrogen-bond donors (Lipinski definition) is 1. The minimum absolute atomic E-state index is 0.120. The second-order valence-electron chi connectivity index (χ2n) is 2.99. The maximum absolute atomic E-state index is 12.4. The quantitative estimate of drug-likeness (QED) is 0.657. The van der Waals surface area contributed by atoms with Gasteiger partial charge >= 0.3 is 6.18 Å². The summed E-state index contributed by atoms with van der Waals surface area (Å²) in [6.07, 6.45) is -5.35. The van der Waals surface area contributed by atoms with Crippen molar-refractivity contribution in [3.8, 4) is 11.8 Å². The summed E-state index contributed by atoms with van der Waals surface area (Å²) in [5.74, 6) is 4.58. The highest BCUT2D eigenvalue weighted by molar-refractivity contribution is 5.43. The molecular formula is C11H9F3O. The first-order valence-electron chi connectivity index (χ1n) is 4.27. The molecule has 4 heteroatoms. The van der Waals surface area contributed by atoms with Crippen LogP contribution in [0.1, 0.15) is 18.1 Å². The van der Waals surface area contributed by atoms with E-state index in [0.29, 0.717) is 0 Å². The zero-order chi connectivity index (χ0) is 11.5. The van der Waals surface area contributed by atoms with E-state index in [1.54, 1.807) is 0 Å². The Labute approximate surface area is 85.5 Å². The number of aliphatic hydroxyl groups excluding tert-OH is 1. The lowest BCUT2D eigenvalue weighted by Crippen LogP contribution is -2.07. The number of alkyl halides is 3. The molecule has 1 N–H and O–H groups in total. The van der Waals surface area contributed by atoms with Crippen LogP contribution in [0.3, 0.4) is 0 Å². The summed E-state index contributed by atoms with van der Waals surface area (Å²) in [6, 6.07) is 5.02. The molecule has 0 spiro atoms. The monoisotopic (exact) mass is 214 g/mol. The van der Waals surface area contributed by atoms with Gasteiger partial charge in [0.05, 0.1) is 5.56 Å². The Morgan fingerprint density at radius 1 is 1.27 bits per heavy atom. The summed E-state index contributed by atoms with van der Waals surface area (Å²) in [5.41, 5.74) is -0.899. The van der Waals surface area contributed by atoms with Crippen molar-refractivity contribution in [3.63, 3.8) is 0 Å². The smallest absolute Gasteiger partial charge is 0.381 e. The maximum atomic E-state index is 12.4. The largest absolute Gasteiger partial charge is 0.417 e. The zero-order valence-electron chi connectivity index (χ0n) is 7.97. The third-order valence-corrected chi connectivity index (χ3v) is 1.65. The zero-order valence-corrected chi connectivity index (χ0v) is 7.97. The van der Waals surface area contributed by atoms with Crippen LogP contribution in [-0.2, 0) is 6.18 Å². The molecule has 0 aliphatic carbocycles. The first-order valence-corrected chi connectivity index (χ1v) is 4.27. The van der Waals surface area contributed by atoms with E-state index in [-0.39, 0.29) is 5.56 Å². The standard InChI is InChI=1S/C11H9F3O/c1-8(15)6-7-9-4-2-3-5-10(9)11(12,13)14/h2-5,8,15H,1H3. The molecule has 1 rings (SSSR count). The Bertz CT molecular complexity index is 396. The molecule has 0 aliphatic rings. The summed E-state index contributed by atoms with van der Waals surface area (Å²) in [4.78, 5) is 0. The molecule has 0 bridgehead atoms. The fourth-order valence-corrected chi connectivity index (χ4v) is 1.02. The van der Waals surface area contributed by atoms with Crippen LogP contribution >= 0.6 is 0 Å². The van der Waals surface area contributed by atoms with Crippen LogP contribution in [0.2, 0.25) is 0 Å². The van der Waals surface area contributed by atoms with E-state index in [1.165, 1.54) is 25.1 Å². The molecule has 0 aliphatic heterocycles. The van der Waals surface area contributed by atoms with Gasteiger partial charge in [-0.2, -0.15) is 13.2 Å². The molecule has 0 heterocycles. The van der Waals surface area contributed by atoms with Crippen molar-refractivity contribution in [1.29, 1.82) is 0 Å². The van der Waals surface area contributed by atoms with E-state index in [0.717, 1.165) is 6.07 Å². The van der Waals surface area contributed by atoms with Gasteiger partial charge in [-0.1, -0.05) is 24.0 Å². The van der Waals surface area contributed by atoms with Gasteiger partial charge < -0.3 is 5.11 Å². The lowest BCUT2D eigenvalue weighted by molar-refractivity contribution is -0.137. The van der Waals surface area contributed by atoms with Gasteiger partial charge in [0, 0.05) is 5.56 Å². The molecule has 0 amide bonds. The van der Waals surface area contributed by atoms with Gasteiger partial charge in [0.1, 0.15) is 6.10 Å². The van der Waals surface area contributed by atoms with Crippen LogP contribution in [0.5, 0.6) is 0 Å². The van der Waals surface area contributed by atoms with Crippen LogP contribution in [0.4, 0.5) is 13.2 Å². The Balaban J connectivity index is 3.15. The number of aliphatic hydroxyl groups is 1. The lowest BCUT2D eigenvalue weighted by Gasteiger charge is -2.08. The van der Waals surface area contributed by atoms with Crippen molar-refractivity contribution in [3.05, 3.63) is 35.4 Å². The summed E-state index contributed by atoms with van der Waals surface area (Å²) < 4.78 is 37.3. The van der Waals surface area contributed by atoms with Crippen LogP contribution < -0.4 is 0 Å². The first kappa shape index (κ1) is 11.6. The fraction of sp³-hybridized carbons (Fsp3) is 0.273. The summed E-state index contributed by atoms with van der Waals surface area (Å²) >= 11 is 0. The van der Waals surface area contributed by atoms with E-state index < -0.39 is 17.8 Å². The summed E-state index contributed by atoms with van der Waals surface area (Å²) in [7, 11) is 0. The van der Waals surface area contributed by atoms with E-state index in [2.05, 4.69) is 11.8 Å². The van der Waals surface area contributed by atoms with Gasteiger partial charge in [-0.25, -0.2) is 0 Å². The van der Waals surface area contributed by atoms with Crippen LogP contribution in [0, 0.1) is 11.8 Å². The molecule has 1 aromatic rings. The fourth-order valence-electron chi connectivity index (χ4n) is 1.02. The second-order valence-corrected chi connectivity index (χ2v) is 2.99. The Morgan fingerprint density at radius 2 is 1.87 bits per heavy atom. The number of benzene rings is 1. The van der Waals surface area contributed by atoms with Crippen LogP contribution in [0.25, 0.3) is 0 Å². The normalized spacial score (nSPS) is 12.9. The van der Waals surface area contributed by atoms with Gasteiger partial charge in [0.2, 0.25) is 0 Å². The van der Waals surface area contributed by atoms with Crippen LogP contribution in [-0.4, -0.2) is 11.2 Å². The maximum Gasteiger partial charge on any atom is 0.417 e. The molecule has 0 saturated heterocycles. The van der Waals surface area contributed by atoms with Crippen molar-refractivity contribution in [2.45, 2.75) is 19.2 Å². The third-order valence-electron chi connectivity index (χ3n) is 1.65. The van der Waals surface area contributed by atoms with E-state index in [9.17, 15) is 13.2 Å². The Hall–Kier alpha value is -1.47. The van der Waals surface area contributed by atoms with Crippen molar-refractivity contribution < 1.29 is 18.3 Å². The van der Waals surface area contributed by atoms with Gasteiger partial charge in [0.25, 0.3) is 0 Å². The molecular weight excluding hydrogens is 205 g/mol. The van der Waals surface area contributed by atoms with Crippen molar-refractivity contribution in [2.75, 3.05) is 0 Å². The van der Waals surface area contributed by atoms with E-state index in [1.807, 2.05) is 0 Å². The molecule has 1 nitrogen and oxygen atoms in total. The SMILES string of the molecule is CC(O)C#Cc1ccccc1C(F)(F)F. The molecule has 80 valence electrons. The highest BCUT2D eigenvalue weighted by Crippen LogP contribution is 2.31. The van der Waals surface area contributed by atoms with E-state index in [4.69, 9.17) is 5.11 Å². The van der Waals surface area contributed by atoms with Crippen molar-refractivity contribution >= 4 is 0 Å². The average molecular weight is 214 g/mol. The molecule has 0 fully saturated rings. The topological polar surface area (TPSA) is 20.2 Å². The summed E-state index contributed by atoms with van der Waals surface area (Å²) in [6.45, 7) is 1.39.